The second-order valence-electron chi connectivity index (χ2n) is 8.08. The smallest absolute Gasteiger partial charge is 0.310 e. The van der Waals surface area contributed by atoms with Crippen LogP contribution in [0, 0.1) is 35.5 Å². The summed E-state index contributed by atoms with van der Waals surface area (Å²) in [5, 5.41) is 0. The first-order chi connectivity index (χ1) is 12.3. The molecule has 0 N–H and O–H groups in total. The Labute approximate surface area is 159 Å². The molecule has 4 nitrogen and oxygen atoms in total. The Morgan fingerprint density at radius 1 is 0.923 bits per heavy atom. The van der Waals surface area contributed by atoms with Crippen LogP contribution < -0.4 is 0 Å². The Morgan fingerprint density at radius 3 is 1.81 bits per heavy atom. The van der Waals surface area contributed by atoms with Crippen LogP contribution in [0.5, 0.6) is 0 Å². The number of carbonyl (C=O) groups excluding carboxylic acids is 2. The van der Waals surface area contributed by atoms with Gasteiger partial charge in [0.2, 0.25) is 0 Å². The number of carbonyl (C=O) groups is 2. The van der Waals surface area contributed by atoms with Gasteiger partial charge in [-0.05, 0) is 30.1 Å². The summed E-state index contributed by atoms with van der Waals surface area (Å²) in [6, 6.07) is 0. The van der Waals surface area contributed by atoms with Gasteiger partial charge in [-0.1, -0.05) is 73.0 Å². The molecule has 6 unspecified atom stereocenters. The van der Waals surface area contributed by atoms with Gasteiger partial charge in [0, 0.05) is 0 Å². The lowest BCUT2D eigenvalue weighted by Crippen LogP contribution is -2.43. The van der Waals surface area contributed by atoms with Crippen molar-refractivity contribution < 1.29 is 19.1 Å². The van der Waals surface area contributed by atoms with Gasteiger partial charge < -0.3 is 9.47 Å². The topological polar surface area (TPSA) is 52.6 Å². The van der Waals surface area contributed by atoms with Gasteiger partial charge in [0.15, 0.2) is 0 Å². The average molecular weight is 367 g/mol. The van der Waals surface area contributed by atoms with Crippen molar-refractivity contribution in [3.8, 4) is 0 Å². The highest BCUT2D eigenvalue weighted by Crippen LogP contribution is 2.41. The third kappa shape index (κ3) is 5.85. The Kier molecular flexibility index (Phi) is 9.38. The zero-order valence-electron chi connectivity index (χ0n) is 17.7. The van der Waals surface area contributed by atoms with Crippen molar-refractivity contribution >= 4 is 11.9 Å². The van der Waals surface area contributed by atoms with E-state index in [1.165, 1.54) is 5.57 Å². The molecule has 0 saturated carbocycles. The third-order valence-electron chi connectivity index (χ3n) is 5.92. The third-order valence-corrected chi connectivity index (χ3v) is 5.92. The molecule has 0 fully saturated rings. The monoisotopic (exact) mass is 366 g/mol. The second-order valence-corrected chi connectivity index (χ2v) is 8.08. The lowest BCUT2D eigenvalue weighted by Gasteiger charge is -2.37. The van der Waals surface area contributed by atoms with E-state index in [2.05, 4.69) is 40.7 Å². The largest absolute Gasteiger partial charge is 0.465 e. The molecule has 1 aliphatic rings. The quantitative estimate of drug-likeness (QED) is 0.425. The molecule has 0 aromatic heterocycles. The lowest BCUT2D eigenvalue weighted by atomic mass is 9.67. The predicted octanol–water partition coefficient (Wildman–Crippen LogP) is 5.02. The summed E-state index contributed by atoms with van der Waals surface area (Å²) in [5.41, 5.74) is 1.23. The molecule has 150 valence electrons. The molecule has 4 heteroatoms. The van der Waals surface area contributed by atoms with Crippen molar-refractivity contribution in [2.24, 2.45) is 35.5 Å². The van der Waals surface area contributed by atoms with Crippen molar-refractivity contribution in [2.75, 3.05) is 13.2 Å². The van der Waals surface area contributed by atoms with Crippen LogP contribution in [0.1, 0.15) is 67.7 Å². The van der Waals surface area contributed by atoms with Crippen molar-refractivity contribution in [1.82, 2.24) is 0 Å². The Balaban J connectivity index is 2.99. The number of hydrogen-bond donors (Lipinski definition) is 0. The summed E-state index contributed by atoms with van der Waals surface area (Å²) >= 11 is 0. The van der Waals surface area contributed by atoms with Crippen molar-refractivity contribution in [1.29, 1.82) is 0 Å². The summed E-state index contributed by atoms with van der Waals surface area (Å²) < 4.78 is 11.2. The van der Waals surface area contributed by atoms with Gasteiger partial charge in [-0.2, -0.15) is 0 Å². The van der Waals surface area contributed by atoms with E-state index in [1.54, 1.807) is 0 Å². The molecule has 0 amide bonds. The lowest BCUT2D eigenvalue weighted by molar-refractivity contribution is -0.166. The molecule has 0 heterocycles. The van der Waals surface area contributed by atoms with Crippen LogP contribution in [-0.2, 0) is 19.1 Å². The molecule has 0 aliphatic heterocycles. The molecule has 0 radical (unpaired) electrons. The Bertz CT molecular complexity index is 496. The van der Waals surface area contributed by atoms with Gasteiger partial charge in [-0.15, -0.1) is 0 Å². The zero-order chi connectivity index (χ0) is 19.9. The minimum Gasteiger partial charge on any atom is -0.465 e. The minimum atomic E-state index is -0.464. The van der Waals surface area contributed by atoms with Crippen LogP contribution in [0.4, 0.5) is 0 Å². The van der Waals surface area contributed by atoms with Crippen molar-refractivity contribution in [3.63, 3.8) is 0 Å². The average Bonchev–Trinajstić information content (AvgIpc) is 2.64. The Morgan fingerprint density at radius 2 is 1.38 bits per heavy atom. The highest BCUT2D eigenvalue weighted by Gasteiger charge is 2.46. The molecule has 0 aromatic rings. The molecular weight excluding hydrogens is 328 g/mol. The van der Waals surface area contributed by atoms with Gasteiger partial charge in [0.05, 0.1) is 25.0 Å². The Hall–Kier alpha value is -1.32. The first kappa shape index (κ1) is 22.7. The van der Waals surface area contributed by atoms with E-state index < -0.39 is 11.8 Å². The summed E-state index contributed by atoms with van der Waals surface area (Å²) in [4.78, 5) is 25.7. The van der Waals surface area contributed by atoms with E-state index in [-0.39, 0.29) is 23.8 Å². The molecule has 0 spiro atoms. The van der Waals surface area contributed by atoms with E-state index in [9.17, 15) is 9.59 Å². The SMILES string of the molecule is CCC1=CC(C)C(C(=O)OCC(C)CC)C(C(=O)OCC(C)CC)C1C. The summed E-state index contributed by atoms with van der Waals surface area (Å²) in [5.74, 6) is -0.809. The van der Waals surface area contributed by atoms with Gasteiger partial charge in [0.1, 0.15) is 0 Å². The van der Waals surface area contributed by atoms with Crippen molar-refractivity contribution in [2.45, 2.75) is 67.7 Å². The maximum absolute atomic E-state index is 12.9. The summed E-state index contributed by atoms with van der Waals surface area (Å²) in [6.07, 6.45) is 4.96. The maximum atomic E-state index is 12.9. The number of esters is 2. The molecule has 1 rings (SSSR count). The normalized spacial score (nSPS) is 28.0. The highest BCUT2D eigenvalue weighted by atomic mass is 16.5. The number of allylic oxidation sites excluding steroid dienone is 2. The first-order valence-electron chi connectivity index (χ1n) is 10.3. The molecular formula is C22H38O4. The summed E-state index contributed by atoms with van der Waals surface area (Å²) in [7, 11) is 0. The number of rotatable bonds is 9. The highest BCUT2D eigenvalue weighted by molar-refractivity contribution is 5.83. The molecule has 0 aromatic carbocycles. The maximum Gasteiger partial charge on any atom is 0.310 e. The van der Waals surface area contributed by atoms with Crippen molar-refractivity contribution in [3.05, 3.63) is 11.6 Å². The zero-order valence-corrected chi connectivity index (χ0v) is 17.7. The fourth-order valence-corrected chi connectivity index (χ4v) is 3.49. The van der Waals surface area contributed by atoms with E-state index >= 15 is 0 Å². The number of ether oxygens (including phenoxy) is 2. The molecule has 1 aliphatic carbocycles. The van der Waals surface area contributed by atoms with Gasteiger partial charge in [0.25, 0.3) is 0 Å². The van der Waals surface area contributed by atoms with E-state index in [1.807, 2.05) is 13.8 Å². The van der Waals surface area contributed by atoms with Crippen LogP contribution >= 0.6 is 0 Å². The van der Waals surface area contributed by atoms with E-state index in [0.29, 0.717) is 25.0 Å². The summed E-state index contributed by atoms with van der Waals surface area (Å²) in [6.45, 7) is 15.2. The fourth-order valence-electron chi connectivity index (χ4n) is 3.49. The van der Waals surface area contributed by atoms with Gasteiger partial charge in [-0.3, -0.25) is 9.59 Å². The van der Waals surface area contributed by atoms with Crippen LogP contribution in [0.25, 0.3) is 0 Å². The number of hydrogen-bond acceptors (Lipinski definition) is 4. The molecule has 26 heavy (non-hydrogen) atoms. The van der Waals surface area contributed by atoms with Crippen LogP contribution in [0.2, 0.25) is 0 Å². The van der Waals surface area contributed by atoms with Gasteiger partial charge in [-0.25, -0.2) is 0 Å². The van der Waals surface area contributed by atoms with Crippen LogP contribution in [-0.4, -0.2) is 25.2 Å². The molecule has 6 atom stereocenters. The predicted molar refractivity (Wildman–Crippen MR) is 105 cm³/mol. The molecule has 0 saturated heterocycles. The fraction of sp³-hybridized carbons (Fsp3) is 0.818. The van der Waals surface area contributed by atoms with E-state index in [0.717, 1.165) is 19.3 Å². The van der Waals surface area contributed by atoms with E-state index in [4.69, 9.17) is 9.47 Å². The van der Waals surface area contributed by atoms with Crippen LogP contribution in [0.3, 0.4) is 0 Å². The second kappa shape index (κ2) is 10.7. The minimum absolute atomic E-state index is 0.00165. The first-order valence-corrected chi connectivity index (χ1v) is 10.3. The van der Waals surface area contributed by atoms with Gasteiger partial charge >= 0.3 is 11.9 Å². The molecule has 0 bridgehead atoms. The standard InChI is InChI=1S/C22H38O4/c1-8-14(4)12-25-21(23)19-16(6)11-18(10-3)17(7)20(19)22(24)26-13-15(5)9-2/h11,14-17,19-20H,8-10,12-13H2,1-7H3. The van der Waals surface area contributed by atoms with Crippen LogP contribution in [0.15, 0.2) is 11.6 Å².